The van der Waals surface area contributed by atoms with Gasteiger partial charge in [-0.3, -0.25) is 0 Å². The third-order valence-electron chi connectivity index (χ3n) is 5.08. The molecule has 0 spiro atoms. The Labute approximate surface area is 105 Å². The molecule has 0 radical (unpaired) electrons. The Hall–Kier alpha value is 0.860. The maximum atomic E-state index is 2.49. The summed E-state index contributed by atoms with van der Waals surface area (Å²) in [7, 11) is 2.56. The number of hydrogen-bond acceptors (Lipinski definition) is 0. The predicted octanol–water partition coefficient (Wildman–Crippen LogP) is 4.43. The second-order valence-electron chi connectivity index (χ2n) is 6.41. The molecule has 2 fully saturated rings. The van der Waals surface area contributed by atoms with Crippen molar-refractivity contribution in [2.24, 2.45) is 23.7 Å². The highest BCUT2D eigenvalue weighted by Crippen LogP contribution is 2.49. The normalized spacial score (nSPS) is 53.2. The van der Waals surface area contributed by atoms with Crippen LogP contribution in [0.1, 0.15) is 40.5 Å². The van der Waals surface area contributed by atoms with Gasteiger partial charge in [0.1, 0.15) is 0 Å². The first-order valence-corrected chi connectivity index (χ1v) is 9.61. The molecule has 2 heterocycles. The summed E-state index contributed by atoms with van der Waals surface area (Å²) >= 11 is 0. The standard InChI is InChI=1S/C14H28P2/c1-9-5-13(15-7-11(9)3)14-6-10(2)12(4)8-16-14/h9-16H,5-8H2,1-4H3. The lowest BCUT2D eigenvalue weighted by atomic mass is 9.87. The Morgan fingerprint density at radius 3 is 1.31 bits per heavy atom. The topological polar surface area (TPSA) is 0 Å². The highest BCUT2D eigenvalue weighted by Gasteiger charge is 2.34. The van der Waals surface area contributed by atoms with Gasteiger partial charge in [0.25, 0.3) is 0 Å². The van der Waals surface area contributed by atoms with Crippen LogP contribution in [0.15, 0.2) is 0 Å². The summed E-state index contributed by atoms with van der Waals surface area (Å²) in [6.07, 6.45) is 6.13. The van der Waals surface area contributed by atoms with E-state index < -0.39 is 0 Å². The molecular weight excluding hydrogens is 230 g/mol. The minimum atomic E-state index is 0.991. The molecule has 94 valence electrons. The summed E-state index contributed by atoms with van der Waals surface area (Å²) in [5, 5.41) is 0. The lowest BCUT2D eigenvalue weighted by Gasteiger charge is -2.41. The molecule has 0 aromatic rings. The van der Waals surface area contributed by atoms with Gasteiger partial charge in [-0.15, -0.1) is 17.2 Å². The highest BCUT2D eigenvalue weighted by atomic mass is 31.1. The van der Waals surface area contributed by atoms with Crippen LogP contribution < -0.4 is 0 Å². The molecule has 0 aromatic carbocycles. The van der Waals surface area contributed by atoms with E-state index >= 15 is 0 Å². The lowest BCUT2D eigenvalue weighted by molar-refractivity contribution is 0.334. The van der Waals surface area contributed by atoms with Gasteiger partial charge in [-0.2, -0.15) is 0 Å². The Bertz CT molecular complexity index is 205. The molecule has 0 bridgehead atoms. The van der Waals surface area contributed by atoms with Crippen LogP contribution in [0, 0.1) is 23.7 Å². The Morgan fingerprint density at radius 2 is 1.00 bits per heavy atom. The van der Waals surface area contributed by atoms with Crippen molar-refractivity contribution in [3.05, 3.63) is 0 Å². The van der Waals surface area contributed by atoms with Crippen molar-refractivity contribution >= 4 is 17.2 Å². The van der Waals surface area contributed by atoms with Crippen molar-refractivity contribution in [2.75, 3.05) is 12.3 Å². The first-order valence-electron chi connectivity index (χ1n) is 7.04. The summed E-state index contributed by atoms with van der Waals surface area (Å²) < 4.78 is 0. The van der Waals surface area contributed by atoms with Crippen molar-refractivity contribution < 1.29 is 0 Å². The quantitative estimate of drug-likeness (QED) is 0.610. The third-order valence-corrected chi connectivity index (χ3v) is 9.50. The van der Waals surface area contributed by atoms with Gasteiger partial charge in [0.2, 0.25) is 0 Å². The van der Waals surface area contributed by atoms with Gasteiger partial charge in [0, 0.05) is 0 Å². The molecule has 0 saturated carbocycles. The van der Waals surface area contributed by atoms with Gasteiger partial charge in [-0.1, -0.05) is 27.7 Å². The van der Waals surface area contributed by atoms with Crippen LogP contribution in [0.3, 0.4) is 0 Å². The van der Waals surface area contributed by atoms with Gasteiger partial charge in [0.05, 0.1) is 0 Å². The van der Waals surface area contributed by atoms with E-state index in [1.54, 1.807) is 12.8 Å². The van der Waals surface area contributed by atoms with Gasteiger partial charge in [0.15, 0.2) is 0 Å². The SMILES string of the molecule is CC1CPC(C2CC(C)C(C)CP2)CC1C. The molecule has 0 N–H and O–H groups in total. The zero-order valence-corrected chi connectivity index (χ0v) is 13.3. The van der Waals surface area contributed by atoms with Crippen molar-refractivity contribution in [3.8, 4) is 0 Å². The Kier molecular flexibility index (Phi) is 4.71. The molecule has 0 aliphatic carbocycles. The molecule has 0 amide bonds. The minimum absolute atomic E-state index is 0.991. The molecule has 16 heavy (non-hydrogen) atoms. The molecular formula is C14H28P2. The molecule has 2 heteroatoms. The summed E-state index contributed by atoms with van der Waals surface area (Å²) in [4.78, 5) is 0. The molecule has 8 unspecified atom stereocenters. The lowest BCUT2D eigenvalue weighted by Crippen LogP contribution is -2.34. The van der Waals surface area contributed by atoms with E-state index in [0.717, 1.165) is 35.0 Å². The van der Waals surface area contributed by atoms with Crippen molar-refractivity contribution in [1.29, 1.82) is 0 Å². The van der Waals surface area contributed by atoms with E-state index in [2.05, 4.69) is 27.7 Å². The zero-order chi connectivity index (χ0) is 11.7. The van der Waals surface area contributed by atoms with Crippen molar-refractivity contribution in [2.45, 2.75) is 51.9 Å². The fourth-order valence-electron chi connectivity index (χ4n) is 3.12. The smallest absolute Gasteiger partial charge is 0.0168 e. The molecule has 2 saturated heterocycles. The van der Waals surface area contributed by atoms with E-state index in [1.165, 1.54) is 29.5 Å². The molecule has 2 aliphatic rings. The summed E-state index contributed by atoms with van der Waals surface area (Å²) in [5.41, 5.74) is 2.22. The largest absolute Gasteiger partial charge is 0.118 e. The monoisotopic (exact) mass is 258 g/mol. The second-order valence-corrected chi connectivity index (χ2v) is 9.53. The van der Waals surface area contributed by atoms with E-state index in [9.17, 15) is 0 Å². The number of hydrogen-bond donors (Lipinski definition) is 0. The van der Waals surface area contributed by atoms with Crippen molar-refractivity contribution in [3.63, 3.8) is 0 Å². The number of rotatable bonds is 1. The predicted molar refractivity (Wildman–Crippen MR) is 79.8 cm³/mol. The average Bonchev–Trinajstić information content (AvgIpc) is 2.26. The summed E-state index contributed by atoms with van der Waals surface area (Å²) in [6, 6.07) is 0. The van der Waals surface area contributed by atoms with Crippen LogP contribution in [0.2, 0.25) is 0 Å². The molecule has 0 nitrogen and oxygen atoms in total. The molecule has 8 atom stereocenters. The van der Waals surface area contributed by atoms with E-state index in [0.29, 0.717) is 0 Å². The maximum Gasteiger partial charge on any atom is -0.0168 e. The van der Waals surface area contributed by atoms with Gasteiger partial charge < -0.3 is 0 Å². The Morgan fingerprint density at radius 1 is 0.625 bits per heavy atom. The zero-order valence-electron chi connectivity index (χ0n) is 11.3. The minimum Gasteiger partial charge on any atom is -0.118 e. The van der Waals surface area contributed by atoms with Gasteiger partial charge >= 0.3 is 0 Å². The molecule has 2 aliphatic heterocycles. The third kappa shape index (κ3) is 3.00. The second kappa shape index (κ2) is 5.67. The maximum absolute atomic E-state index is 2.49. The first-order chi connectivity index (χ1) is 7.58. The van der Waals surface area contributed by atoms with E-state index in [-0.39, 0.29) is 0 Å². The van der Waals surface area contributed by atoms with Gasteiger partial charge in [-0.05, 0) is 60.2 Å². The van der Waals surface area contributed by atoms with Crippen LogP contribution in [-0.2, 0) is 0 Å². The summed E-state index contributed by atoms with van der Waals surface area (Å²) in [5.74, 6) is 3.98. The average molecular weight is 258 g/mol. The van der Waals surface area contributed by atoms with Crippen LogP contribution in [0.4, 0.5) is 0 Å². The Balaban J connectivity index is 1.88. The van der Waals surface area contributed by atoms with E-state index in [4.69, 9.17) is 0 Å². The van der Waals surface area contributed by atoms with Crippen LogP contribution >= 0.6 is 17.2 Å². The van der Waals surface area contributed by atoms with Crippen molar-refractivity contribution in [1.82, 2.24) is 0 Å². The molecule has 0 aromatic heterocycles. The summed E-state index contributed by atoms with van der Waals surface area (Å²) in [6.45, 7) is 9.89. The van der Waals surface area contributed by atoms with Gasteiger partial charge in [-0.25, -0.2) is 0 Å². The first kappa shape index (κ1) is 13.3. The molecule has 2 rings (SSSR count). The van der Waals surface area contributed by atoms with Crippen LogP contribution in [0.5, 0.6) is 0 Å². The van der Waals surface area contributed by atoms with Crippen LogP contribution in [-0.4, -0.2) is 23.6 Å². The highest BCUT2D eigenvalue weighted by molar-refractivity contribution is 7.43. The fourth-order valence-corrected chi connectivity index (χ4v) is 7.90. The van der Waals surface area contributed by atoms with Crippen LogP contribution in [0.25, 0.3) is 0 Å². The van der Waals surface area contributed by atoms with E-state index in [1.807, 2.05) is 0 Å². The fraction of sp³-hybridized carbons (Fsp3) is 1.00.